The summed E-state index contributed by atoms with van der Waals surface area (Å²) in [4.78, 5) is 4.15. The molecule has 1 aliphatic carbocycles. The Morgan fingerprint density at radius 2 is 2.25 bits per heavy atom. The first kappa shape index (κ1) is 7.03. The van der Waals surface area contributed by atoms with Gasteiger partial charge >= 0.3 is 0 Å². The van der Waals surface area contributed by atoms with Crippen LogP contribution in [0.15, 0.2) is 28.9 Å². The second kappa shape index (κ2) is 2.44. The highest BCUT2D eigenvalue weighted by atomic mass is 16.3. The Hall–Kier alpha value is -1.64. The third kappa shape index (κ3) is 0.993. The van der Waals surface area contributed by atoms with Gasteiger partial charge in [0.15, 0.2) is 5.89 Å². The summed E-state index contributed by atoms with van der Waals surface area (Å²) >= 11 is 0. The number of hydrogen-bond donors (Lipinski definition) is 1. The van der Waals surface area contributed by atoms with E-state index in [1.807, 2.05) is 12.1 Å². The minimum atomic E-state index is 0.448. The summed E-state index contributed by atoms with van der Waals surface area (Å²) in [6.07, 6.45) is 1.57. The number of rotatable bonds is 0. The van der Waals surface area contributed by atoms with E-state index in [9.17, 15) is 0 Å². The number of aryl methyl sites for hydroxylation is 1. The van der Waals surface area contributed by atoms with E-state index in [0.29, 0.717) is 11.2 Å². The van der Waals surface area contributed by atoms with Crippen LogP contribution in [0.4, 0.5) is 0 Å². The van der Waals surface area contributed by atoms with Crippen LogP contribution in [0.2, 0.25) is 0 Å². The highest BCUT2D eigenvalue weighted by molar-refractivity contribution is 5.57. The molecule has 2 aliphatic rings. The van der Waals surface area contributed by atoms with E-state index in [4.69, 9.17) is 9.83 Å². The van der Waals surface area contributed by atoms with E-state index in [-0.39, 0.29) is 0 Å². The molecular formula is C9H8N2O. The second-order valence-corrected chi connectivity index (χ2v) is 2.60. The molecule has 1 aliphatic heterocycles. The Labute approximate surface area is 69.5 Å². The van der Waals surface area contributed by atoms with Crippen molar-refractivity contribution in [2.24, 2.45) is 0 Å². The van der Waals surface area contributed by atoms with Crippen molar-refractivity contribution >= 4 is 0 Å². The zero-order valence-electron chi connectivity index (χ0n) is 6.66. The molecule has 0 aromatic carbocycles. The van der Waals surface area contributed by atoms with Crippen LogP contribution in [-0.4, -0.2) is 4.98 Å². The maximum Gasteiger partial charge on any atom is 0.191 e. The molecule has 0 saturated carbocycles. The molecule has 12 heavy (non-hydrogen) atoms. The van der Waals surface area contributed by atoms with Crippen LogP contribution >= 0.6 is 0 Å². The molecule has 60 valence electrons. The van der Waals surface area contributed by atoms with Crippen LogP contribution in [0.5, 0.6) is 0 Å². The lowest BCUT2D eigenvalue weighted by molar-refractivity contribution is 0.491. The molecule has 0 spiro atoms. The molecule has 1 heterocycles. The molecule has 1 N–H and O–H groups in total. The molecular weight excluding hydrogens is 152 g/mol. The highest BCUT2D eigenvalue weighted by Crippen LogP contribution is 2.13. The molecule has 0 aromatic rings. The molecule has 3 heteroatoms. The molecule has 0 radical (unpaired) electrons. The van der Waals surface area contributed by atoms with E-state index in [2.05, 4.69) is 4.98 Å². The lowest BCUT2D eigenvalue weighted by atomic mass is 10.1. The van der Waals surface area contributed by atoms with Gasteiger partial charge in [-0.1, -0.05) is 6.07 Å². The Kier molecular flexibility index (Phi) is 1.43. The second-order valence-electron chi connectivity index (χ2n) is 2.60. The van der Waals surface area contributed by atoms with E-state index < -0.39 is 0 Å². The van der Waals surface area contributed by atoms with Crippen molar-refractivity contribution in [3.05, 3.63) is 35.7 Å². The summed E-state index contributed by atoms with van der Waals surface area (Å²) in [5, 5.41) is 7.98. The van der Waals surface area contributed by atoms with Crippen LogP contribution in [0.1, 0.15) is 5.89 Å². The fourth-order valence-corrected chi connectivity index (χ4v) is 1.11. The van der Waals surface area contributed by atoms with Crippen LogP contribution in [0.25, 0.3) is 11.3 Å². The van der Waals surface area contributed by atoms with Crippen molar-refractivity contribution in [3.63, 3.8) is 0 Å². The van der Waals surface area contributed by atoms with E-state index >= 15 is 0 Å². The monoisotopic (exact) mass is 160 g/mol. The summed E-state index contributed by atoms with van der Waals surface area (Å²) in [6, 6.07) is 5.40. The topological polar surface area (TPSA) is 49.9 Å². The number of fused-ring (bicyclic) bond motifs is 1. The van der Waals surface area contributed by atoms with Crippen molar-refractivity contribution in [1.29, 1.82) is 5.41 Å². The average Bonchev–Trinajstić information content (AvgIpc) is 2.04. The lowest BCUT2D eigenvalue weighted by Gasteiger charge is -2.02. The van der Waals surface area contributed by atoms with Crippen LogP contribution in [0, 0.1) is 12.3 Å². The standard InChI is InChI=1S/C9H8N2O/c1-6-11-9-4-2-3-8(10)7(9)5-12-6/h2-5,10H,1H3. The summed E-state index contributed by atoms with van der Waals surface area (Å²) in [6.45, 7) is 1.79. The predicted molar refractivity (Wildman–Crippen MR) is 43.7 cm³/mol. The van der Waals surface area contributed by atoms with Gasteiger partial charge in [0.05, 0.1) is 16.6 Å². The molecule has 0 amide bonds. The van der Waals surface area contributed by atoms with Gasteiger partial charge in [0, 0.05) is 6.92 Å². The fraction of sp³-hybridized carbons (Fsp3) is 0.111. The maximum atomic E-state index is 7.53. The quantitative estimate of drug-likeness (QED) is 0.635. The Bertz CT molecular complexity index is 433. The first-order valence-electron chi connectivity index (χ1n) is 3.67. The lowest BCUT2D eigenvalue weighted by Crippen LogP contribution is -2.04. The van der Waals surface area contributed by atoms with Crippen LogP contribution in [0.3, 0.4) is 0 Å². The fourth-order valence-electron chi connectivity index (χ4n) is 1.11. The van der Waals surface area contributed by atoms with Gasteiger partial charge in [-0.2, -0.15) is 0 Å². The highest BCUT2D eigenvalue weighted by Gasteiger charge is 2.04. The minimum absolute atomic E-state index is 0.448. The summed E-state index contributed by atoms with van der Waals surface area (Å²) in [7, 11) is 0. The zero-order valence-corrected chi connectivity index (χ0v) is 6.66. The number of hydrogen-bond acceptors (Lipinski definition) is 3. The summed E-state index contributed by atoms with van der Waals surface area (Å²) in [5.74, 6) is 0.619. The van der Waals surface area contributed by atoms with Gasteiger partial charge in [-0.15, -0.1) is 0 Å². The minimum Gasteiger partial charge on any atom is -0.450 e. The van der Waals surface area contributed by atoms with Gasteiger partial charge in [0.25, 0.3) is 0 Å². The van der Waals surface area contributed by atoms with Gasteiger partial charge in [0.1, 0.15) is 6.26 Å². The third-order valence-corrected chi connectivity index (χ3v) is 1.71. The molecule has 0 atom stereocenters. The van der Waals surface area contributed by atoms with Crippen LogP contribution < -0.4 is 5.36 Å². The van der Waals surface area contributed by atoms with E-state index in [1.54, 1.807) is 19.3 Å². The smallest absolute Gasteiger partial charge is 0.191 e. The molecule has 0 aromatic heterocycles. The van der Waals surface area contributed by atoms with Crippen molar-refractivity contribution in [1.82, 2.24) is 4.98 Å². The average molecular weight is 160 g/mol. The predicted octanol–water partition coefficient (Wildman–Crippen LogP) is 1.57. The molecule has 0 saturated heterocycles. The van der Waals surface area contributed by atoms with Crippen molar-refractivity contribution in [3.8, 4) is 11.3 Å². The number of nitrogens with zero attached hydrogens (tertiary/aromatic N) is 1. The zero-order chi connectivity index (χ0) is 8.55. The van der Waals surface area contributed by atoms with Gasteiger partial charge in [-0.25, -0.2) is 4.98 Å². The Morgan fingerprint density at radius 1 is 1.42 bits per heavy atom. The number of nitrogens with one attached hydrogen (secondary N) is 1. The number of benzene rings is 1. The van der Waals surface area contributed by atoms with Crippen LogP contribution in [-0.2, 0) is 0 Å². The van der Waals surface area contributed by atoms with Gasteiger partial charge in [-0.05, 0) is 12.1 Å². The van der Waals surface area contributed by atoms with Gasteiger partial charge in [0.2, 0.25) is 0 Å². The van der Waals surface area contributed by atoms with Crippen molar-refractivity contribution in [2.45, 2.75) is 6.92 Å². The summed E-state index contributed by atoms with van der Waals surface area (Å²) in [5.41, 5.74) is 1.56. The number of aromatic nitrogens is 1. The first-order valence-corrected chi connectivity index (χ1v) is 3.67. The SMILES string of the molecule is Cc1nc2cccc(=N)c-2co1. The van der Waals surface area contributed by atoms with Gasteiger partial charge < -0.3 is 9.83 Å². The molecule has 0 unspecified atom stereocenters. The van der Waals surface area contributed by atoms with E-state index in [0.717, 1.165) is 11.3 Å². The molecule has 0 bridgehead atoms. The maximum absolute atomic E-state index is 7.53. The van der Waals surface area contributed by atoms with Crippen molar-refractivity contribution < 1.29 is 4.42 Å². The largest absolute Gasteiger partial charge is 0.450 e. The normalized spacial score (nSPS) is 10.4. The van der Waals surface area contributed by atoms with Crippen molar-refractivity contribution in [2.75, 3.05) is 0 Å². The van der Waals surface area contributed by atoms with Gasteiger partial charge in [-0.3, -0.25) is 0 Å². The summed E-state index contributed by atoms with van der Waals surface area (Å²) < 4.78 is 5.09. The molecule has 3 nitrogen and oxygen atoms in total. The Balaban J connectivity index is 2.86. The Morgan fingerprint density at radius 3 is 3.08 bits per heavy atom. The third-order valence-electron chi connectivity index (χ3n) is 1.71. The first-order chi connectivity index (χ1) is 5.77. The molecule has 0 fully saturated rings. The molecule has 2 rings (SSSR count). The van der Waals surface area contributed by atoms with E-state index in [1.165, 1.54) is 0 Å².